The number of hydrogen-bond donors (Lipinski definition) is 1. The standard InChI is InChI=1S/C49H55NO11/c51-41-32-20-6-4-2-1-3-5-19-30-39(31-21-33-50-41)57-49-44(61-48(55)38-28-17-10-18-29-38)43(60-47(54)37-26-15-9-16-27-37)42(59-46(53)36-24-13-8-14-25-36)40(58-49)34-56-45(52)35-22-11-7-12-23-35/h7-18,22-29,39-40,42-44,49H,1-6,19-21,30-34H2,(H,50,51)/t39?,40-,42-,43+,44-,49-/m1/s1. The number of hydrogen-bond acceptors (Lipinski definition) is 11. The van der Waals surface area contributed by atoms with Gasteiger partial charge in [0.2, 0.25) is 5.91 Å². The highest BCUT2D eigenvalue weighted by Gasteiger charge is 2.54. The summed E-state index contributed by atoms with van der Waals surface area (Å²) in [4.78, 5) is 67.7. The number of carbonyl (C=O) groups excluding carboxylic acids is 5. The maximum absolute atomic E-state index is 14.0. The molecule has 12 heteroatoms. The summed E-state index contributed by atoms with van der Waals surface area (Å²) in [5.41, 5.74) is 0.889. The van der Waals surface area contributed by atoms with Crippen molar-refractivity contribution in [3.8, 4) is 0 Å². The van der Waals surface area contributed by atoms with Gasteiger partial charge in [0.15, 0.2) is 24.6 Å². The molecule has 2 aliphatic heterocycles. The van der Waals surface area contributed by atoms with Crippen LogP contribution in [-0.4, -0.2) is 79.7 Å². The molecule has 2 aliphatic rings. The van der Waals surface area contributed by atoms with Gasteiger partial charge in [0.25, 0.3) is 0 Å². The van der Waals surface area contributed by atoms with Crippen LogP contribution >= 0.6 is 0 Å². The van der Waals surface area contributed by atoms with Gasteiger partial charge in [-0.25, -0.2) is 19.2 Å². The second-order valence-electron chi connectivity index (χ2n) is 15.3. The largest absolute Gasteiger partial charge is 0.459 e. The third-order valence-corrected chi connectivity index (χ3v) is 10.8. The molecule has 0 saturated carbocycles. The van der Waals surface area contributed by atoms with Crippen LogP contribution in [-0.2, 0) is 33.2 Å². The van der Waals surface area contributed by atoms with E-state index in [9.17, 15) is 24.0 Å². The highest BCUT2D eigenvalue weighted by Crippen LogP contribution is 2.33. The van der Waals surface area contributed by atoms with E-state index in [4.69, 9.17) is 28.4 Å². The molecule has 0 aliphatic carbocycles. The molecule has 2 heterocycles. The Labute approximate surface area is 357 Å². The number of carbonyl (C=O) groups is 5. The van der Waals surface area contributed by atoms with Gasteiger partial charge in [-0.2, -0.15) is 0 Å². The molecule has 6 rings (SSSR count). The lowest BCUT2D eigenvalue weighted by Gasteiger charge is -2.45. The molecule has 2 saturated heterocycles. The Hall–Kier alpha value is -5.85. The van der Waals surface area contributed by atoms with E-state index in [0.717, 1.165) is 51.4 Å². The minimum atomic E-state index is -1.52. The second-order valence-corrected chi connectivity index (χ2v) is 15.3. The van der Waals surface area contributed by atoms with Crippen LogP contribution < -0.4 is 5.32 Å². The van der Waals surface area contributed by atoms with E-state index in [1.807, 2.05) is 0 Å². The minimum Gasteiger partial charge on any atom is -0.459 e. The fourth-order valence-electron chi connectivity index (χ4n) is 7.47. The van der Waals surface area contributed by atoms with E-state index in [0.29, 0.717) is 32.2 Å². The minimum absolute atomic E-state index is 0.0140. The summed E-state index contributed by atoms with van der Waals surface area (Å²) in [6.45, 7) is -0.000706. The van der Waals surface area contributed by atoms with Crippen LogP contribution in [0.5, 0.6) is 0 Å². The molecular formula is C49H55NO11. The summed E-state index contributed by atoms with van der Waals surface area (Å²) in [5.74, 6) is -2.97. The first-order valence-electron chi connectivity index (χ1n) is 21.4. The summed E-state index contributed by atoms with van der Waals surface area (Å²) in [7, 11) is 0. The van der Waals surface area contributed by atoms with E-state index in [1.165, 1.54) is 0 Å². The Kier molecular flexibility index (Phi) is 17.4. The molecular weight excluding hydrogens is 779 g/mol. The van der Waals surface area contributed by atoms with Gasteiger partial charge in [0.1, 0.15) is 12.7 Å². The molecule has 1 amide bonds. The van der Waals surface area contributed by atoms with Crippen molar-refractivity contribution in [3.05, 3.63) is 144 Å². The van der Waals surface area contributed by atoms with Crippen LogP contribution in [0.4, 0.5) is 0 Å². The number of rotatable bonds is 11. The fraction of sp³-hybridized carbons (Fsp3) is 0.408. The molecule has 12 nitrogen and oxygen atoms in total. The Morgan fingerprint density at radius 2 is 0.934 bits per heavy atom. The maximum Gasteiger partial charge on any atom is 0.338 e. The van der Waals surface area contributed by atoms with Gasteiger partial charge in [-0.15, -0.1) is 0 Å². The average molecular weight is 834 g/mol. The van der Waals surface area contributed by atoms with Gasteiger partial charge in [0, 0.05) is 13.0 Å². The molecule has 322 valence electrons. The summed E-state index contributed by atoms with van der Waals surface area (Å²) in [5, 5.41) is 3.02. The molecule has 0 radical (unpaired) electrons. The van der Waals surface area contributed by atoms with Crippen molar-refractivity contribution in [2.75, 3.05) is 13.2 Å². The zero-order valence-corrected chi connectivity index (χ0v) is 34.4. The predicted molar refractivity (Wildman–Crippen MR) is 226 cm³/mol. The topological polar surface area (TPSA) is 153 Å². The van der Waals surface area contributed by atoms with Gasteiger partial charge in [-0.1, -0.05) is 118 Å². The van der Waals surface area contributed by atoms with E-state index < -0.39 is 67.3 Å². The molecule has 4 aromatic carbocycles. The van der Waals surface area contributed by atoms with Crippen LogP contribution in [0.1, 0.15) is 118 Å². The van der Waals surface area contributed by atoms with Crippen LogP contribution in [0.25, 0.3) is 0 Å². The quantitative estimate of drug-likeness (QED) is 0.114. The monoisotopic (exact) mass is 833 g/mol. The third-order valence-electron chi connectivity index (χ3n) is 10.8. The van der Waals surface area contributed by atoms with Crippen molar-refractivity contribution >= 4 is 29.8 Å². The fourth-order valence-corrected chi connectivity index (χ4v) is 7.47. The molecule has 61 heavy (non-hydrogen) atoms. The summed E-state index contributed by atoms with van der Waals surface area (Å²) in [6, 6.07) is 33.2. The van der Waals surface area contributed by atoms with Crippen LogP contribution in [0.2, 0.25) is 0 Å². The Morgan fingerprint density at radius 3 is 1.46 bits per heavy atom. The number of nitrogens with one attached hydrogen (secondary N) is 1. The first-order chi connectivity index (χ1) is 29.9. The number of esters is 4. The number of ether oxygens (including phenoxy) is 6. The number of amides is 1. The molecule has 2 fully saturated rings. The third kappa shape index (κ3) is 13.8. The van der Waals surface area contributed by atoms with Crippen molar-refractivity contribution < 1.29 is 52.4 Å². The Bertz CT molecular complexity index is 1980. The maximum atomic E-state index is 14.0. The highest BCUT2D eigenvalue weighted by molar-refractivity contribution is 5.91. The summed E-state index contributed by atoms with van der Waals surface area (Å²) < 4.78 is 37.9. The lowest BCUT2D eigenvalue weighted by molar-refractivity contribution is -0.309. The Morgan fingerprint density at radius 1 is 0.508 bits per heavy atom. The first-order valence-corrected chi connectivity index (χ1v) is 21.4. The smallest absolute Gasteiger partial charge is 0.338 e. The van der Waals surface area contributed by atoms with Crippen molar-refractivity contribution in [2.24, 2.45) is 0 Å². The molecule has 0 bridgehead atoms. The van der Waals surface area contributed by atoms with Crippen LogP contribution in [0.15, 0.2) is 121 Å². The van der Waals surface area contributed by atoms with Gasteiger partial charge in [0.05, 0.1) is 28.4 Å². The molecule has 4 aromatic rings. The van der Waals surface area contributed by atoms with Gasteiger partial charge < -0.3 is 33.7 Å². The zero-order chi connectivity index (χ0) is 42.7. The average Bonchev–Trinajstić information content (AvgIpc) is 3.29. The van der Waals surface area contributed by atoms with E-state index in [2.05, 4.69) is 5.32 Å². The highest BCUT2D eigenvalue weighted by atomic mass is 16.7. The second kappa shape index (κ2) is 23.8. The lowest BCUT2D eigenvalue weighted by atomic mass is 9.97. The van der Waals surface area contributed by atoms with E-state index in [1.54, 1.807) is 121 Å². The zero-order valence-electron chi connectivity index (χ0n) is 34.4. The first kappa shape index (κ1) is 44.7. The summed E-state index contributed by atoms with van der Waals surface area (Å²) in [6.07, 6.45) is 2.77. The Balaban J connectivity index is 1.37. The summed E-state index contributed by atoms with van der Waals surface area (Å²) >= 11 is 0. The SMILES string of the molecule is O=C1CCCCCCCCCCC(O[C@@H]2O[C@H](COC(=O)c3ccccc3)[C@@H](OC(=O)c3ccccc3)[C@H](OC(=O)c3ccccc3)[C@H]2OC(=O)c2ccccc2)CCCN1. The van der Waals surface area contributed by atoms with Crippen molar-refractivity contribution in [1.82, 2.24) is 5.32 Å². The van der Waals surface area contributed by atoms with Gasteiger partial charge >= 0.3 is 23.9 Å². The molecule has 1 N–H and O–H groups in total. The molecule has 0 spiro atoms. The van der Waals surface area contributed by atoms with Crippen LogP contribution in [0, 0.1) is 0 Å². The molecule has 0 aromatic heterocycles. The van der Waals surface area contributed by atoms with Crippen LogP contribution in [0.3, 0.4) is 0 Å². The van der Waals surface area contributed by atoms with E-state index in [-0.39, 0.29) is 28.2 Å². The molecule has 1 unspecified atom stereocenters. The van der Waals surface area contributed by atoms with Gasteiger partial charge in [-0.05, 0) is 74.2 Å². The van der Waals surface area contributed by atoms with E-state index >= 15 is 0 Å². The van der Waals surface area contributed by atoms with Crippen molar-refractivity contribution in [1.29, 1.82) is 0 Å². The lowest BCUT2D eigenvalue weighted by Crippen LogP contribution is -2.63. The molecule has 6 atom stereocenters. The number of benzene rings is 4. The van der Waals surface area contributed by atoms with Crippen molar-refractivity contribution in [2.45, 2.75) is 114 Å². The van der Waals surface area contributed by atoms with Crippen molar-refractivity contribution in [3.63, 3.8) is 0 Å². The predicted octanol–water partition coefficient (Wildman–Crippen LogP) is 8.44. The van der Waals surface area contributed by atoms with Gasteiger partial charge in [-0.3, -0.25) is 4.79 Å². The normalized spacial score (nSPS) is 23.0.